The van der Waals surface area contributed by atoms with E-state index < -0.39 is 0 Å². The maximum absolute atomic E-state index is 9.22. The molecule has 3 unspecified atom stereocenters. The summed E-state index contributed by atoms with van der Waals surface area (Å²) < 4.78 is 0. The van der Waals surface area contributed by atoms with Gasteiger partial charge in [0.2, 0.25) is 0 Å². The molecule has 1 aromatic rings. The average molecular weight is 204 g/mol. The third-order valence-corrected chi connectivity index (χ3v) is 3.85. The predicted molar refractivity (Wildman–Crippen MR) is 62.8 cm³/mol. The van der Waals surface area contributed by atoms with Gasteiger partial charge in [-0.1, -0.05) is 37.3 Å². The van der Waals surface area contributed by atoms with E-state index in [9.17, 15) is 5.11 Å². The van der Waals surface area contributed by atoms with Gasteiger partial charge < -0.3 is 5.11 Å². The fourth-order valence-electron chi connectivity index (χ4n) is 2.76. The molecule has 0 heterocycles. The van der Waals surface area contributed by atoms with Crippen LogP contribution in [-0.2, 0) is 0 Å². The summed E-state index contributed by atoms with van der Waals surface area (Å²) in [4.78, 5) is 0. The zero-order valence-corrected chi connectivity index (χ0v) is 9.39. The smallest absolute Gasteiger partial charge is 0.0461 e. The van der Waals surface area contributed by atoms with Gasteiger partial charge in [-0.3, -0.25) is 0 Å². The number of aliphatic hydroxyl groups is 1. The Morgan fingerprint density at radius 2 is 1.93 bits per heavy atom. The molecule has 0 radical (unpaired) electrons. The van der Waals surface area contributed by atoms with Crippen LogP contribution in [0.2, 0.25) is 0 Å². The van der Waals surface area contributed by atoms with Gasteiger partial charge in [-0.05, 0) is 42.6 Å². The van der Waals surface area contributed by atoms with Crippen LogP contribution in [0.3, 0.4) is 0 Å². The van der Waals surface area contributed by atoms with E-state index in [2.05, 4.69) is 37.3 Å². The van der Waals surface area contributed by atoms with Gasteiger partial charge in [-0.15, -0.1) is 0 Å². The van der Waals surface area contributed by atoms with E-state index in [4.69, 9.17) is 0 Å². The van der Waals surface area contributed by atoms with Crippen LogP contribution in [0.5, 0.6) is 0 Å². The third-order valence-electron chi connectivity index (χ3n) is 3.85. The van der Waals surface area contributed by atoms with Crippen molar-refractivity contribution in [3.05, 3.63) is 35.9 Å². The Morgan fingerprint density at radius 1 is 1.20 bits per heavy atom. The van der Waals surface area contributed by atoms with E-state index in [1.807, 2.05) is 0 Å². The summed E-state index contributed by atoms with van der Waals surface area (Å²) in [7, 11) is 0. The molecule has 1 aliphatic carbocycles. The first-order valence-corrected chi connectivity index (χ1v) is 5.97. The lowest BCUT2D eigenvalue weighted by atomic mass is 9.73. The van der Waals surface area contributed by atoms with Gasteiger partial charge in [-0.25, -0.2) is 0 Å². The molecule has 0 saturated heterocycles. The van der Waals surface area contributed by atoms with Gasteiger partial charge in [-0.2, -0.15) is 0 Å². The lowest BCUT2D eigenvalue weighted by Gasteiger charge is -2.33. The summed E-state index contributed by atoms with van der Waals surface area (Å²) in [6.45, 7) is 2.64. The summed E-state index contributed by atoms with van der Waals surface area (Å²) in [6, 6.07) is 10.8. The summed E-state index contributed by atoms with van der Waals surface area (Å²) in [6.07, 6.45) is 3.64. The molecule has 82 valence electrons. The summed E-state index contributed by atoms with van der Waals surface area (Å²) in [5.74, 6) is 1.91. The fourth-order valence-corrected chi connectivity index (χ4v) is 2.76. The van der Waals surface area contributed by atoms with Crippen molar-refractivity contribution >= 4 is 0 Å². The Balaban J connectivity index is 2.03. The van der Waals surface area contributed by atoms with Gasteiger partial charge in [0.1, 0.15) is 0 Å². The van der Waals surface area contributed by atoms with Crippen LogP contribution in [0.25, 0.3) is 0 Å². The zero-order valence-electron chi connectivity index (χ0n) is 9.39. The Labute approximate surface area is 92.1 Å². The van der Waals surface area contributed by atoms with Crippen molar-refractivity contribution in [3.63, 3.8) is 0 Å². The van der Waals surface area contributed by atoms with Crippen molar-refractivity contribution in [2.24, 2.45) is 11.8 Å². The van der Waals surface area contributed by atoms with Crippen LogP contribution >= 0.6 is 0 Å². The molecule has 0 bridgehead atoms. The van der Waals surface area contributed by atoms with Crippen molar-refractivity contribution in [1.82, 2.24) is 0 Å². The highest BCUT2D eigenvalue weighted by molar-refractivity contribution is 5.20. The molecule has 0 aromatic heterocycles. The highest BCUT2D eigenvalue weighted by atomic mass is 16.3. The van der Waals surface area contributed by atoms with Crippen LogP contribution in [0.15, 0.2) is 30.3 Å². The monoisotopic (exact) mass is 204 g/mol. The number of hydrogen-bond donors (Lipinski definition) is 1. The van der Waals surface area contributed by atoms with Crippen LogP contribution in [-0.4, -0.2) is 11.7 Å². The minimum atomic E-state index is 0.364. The lowest BCUT2D eigenvalue weighted by Crippen LogP contribution is -2.24. The Bertz CT molecular complexity index is 293. The summed E-state index contributed by atoms with van der Waals surface area (Å²) in [5.41, 5.74) is 1.47. The van der Waals surface area contributed by atoms with E-state index in [-0.39, 0.29) is 0 Å². The molecule has 2 rings (SSSR count). The van der Waals surface area contributed by atoms with E-state index in [1.165, 1.54) is 24.8 Å². The molecule has 1 N–H and O–H groups in total. The van der Waals surface area contributed by atoms with Crippen LogP contribution < -0.4 is 0 Å². The van der Waals surface area contributed by atoms with Crippen molar-refractivity contribution in [1.29, 1.82) is 0 Å². The zero-order chi connectivity index (χ0) is 10.7. The molecular weight excluding hydrogens is 184 g/mol. The van der Waals surface area contributed by atoms with Gasteiger partial charge in [0.25, 0.3) is 0 Å². The van der Waals surface area contributed by atoms with Crippen molar-refractivity contribution in [3.8, 4) is 0 Å². The Kier molecular flexibility index (Phi) is 3.42. The normalized spacial score (nSPS) is 31.5. The first-order chi connectivity index (χ1) is 7.31. The number of aliphatic hydroxyl groups excluding tert-OH is 1. The van der Waals surface area contributed by atoms with Crippen molar-refractivity contribution < 1.29 is 5.11 Å². The highest BCUT2D eigenvalue weighted by Crippen LogP contribution is 2.38. The second kappa shape index (κ2) is 4.80. The number of rotatable bonds is 2. The van der Waals surface area contributed by atoms with E-state index >= 15 is 0 Å². The Morgan fingerprint density at radius 3 is 2.53 bits per heavy atom. The van der Waals surface area contributed by atoms with E-state index in [0.717, 1.165) is 0 Å². The lowest BCUT2D eigenvalue weighted by molar-refractivity contribution is 0.135. The second-order valence-electron chi connectivity index (χ2n) is 4.84. The van der Waals surface area contributed by atoms with Gasteiger partial charge in [0.15, 0.2) is 0 Å². The van der Waals surface area contributed by atoms with Gasteiger partial charge in [0.05, 0.1) is 0 Å². The molecule has 1 fully saturated rings. The molecule has 3 atom stereocenters. The Hall–Kier alpha value is -0.820. The fraction of sp³-hybridized carbons (Fsp3) is 0.571. The number of hydrogen-bond acceptors (Lipinski definition) is 1. The summed E-state index contributed by atoms with van der Waals surface area (Å²) in [5, 5.41) is 9.22. The number of benzene rings is 1. The molecule has 1 saturated carbocycles. The van der Waals surface area contributed by atoms with Crippen LogP contribution in [0, 0.1) is 11.8 Å². The standard InChI is InChI=1S/C14H20O/c1-11-9-13(7-8-14(11)10-15)12-5-3-2-4-6-12/h2-6,11,13-15H,7-10H2,1H3. The average Bonchev–Trinajstić information content (AvgIpc) is 2.30. The molecule has 15 heavy (non-hydrogen) atoms. The van der Waals surface area contributed by atoms with Crippen molar-refractivity contribution in [2.45, 2.75) is 32.1 Å². The quantitative estimate of drug-likeness (QED) is 0.784. The predicted octanol–water partition coefficient (Wildman–Crippen LogP) is 3.20. The minimum Gasteiger partial charge on any atom is -0.396 e. The van der Waals surface area contributed by atoms with Crippen molar-refractivity contribution in [2.75, 3.05) is 6.61 Å². The van der Waals surface area contributed by atoms with E-state index in [1.54, 1.807) is 0 Å². The first-order valence-electron chi connectivity index (χ1n) is 5.97. The molecule has 1 nitrogen and oxygen atoms in total. The van der Waals surface area contributed by atoms with Crippen LogP contribution in [0.4, 0.5) is 0 Å². The molecule has 1 aromatic carbocycles. The topological polar surface area (TPSA) is 20.2 Å². The van der Waals surface area contributed by atoms with Crippen LogP contribution in [0.1, 0.15) is 37.7 Å². The maximum Gasteiger partial charge on any atom is 0.0461 e. The third kappa shape index (κ3) is 2.40. The van der Waals surface area contributed by atoms with Gasteiger partial charge >= 0.3 is 0 Å². The van der Waals surface area contributed by atoms with E-state index in [0.29, 0.717) is 24.4 Å². The summed E-state index contributed by atoms with van der Waals surface area (Å²) >= 11 is 0. The molecule has 1 aliphatic rings. The second-order valence-corrected chi connectivity index (χ2v) is 4.84. The largest absolute Gasteiger partial charge is 0.396 e. The highest BCUT2D eigenvalue weighted by Gasteiger charge is 2.27. The maximum atomic E-state index is 9.22. The molecule has 1 heteroatoms. The molecule has 0 amide bonds. The van der Waals surface area contributed by atoms with Gasteiger partial charge in [0, 0.05) is 6.61 Å². The molecular formula is C14H20O. The molecule has 0 spiro atoms. The minimum absolute atomic E-state index is 0.364. The first kappa shape index (κ1) is 10.7. The SMILES string of the molecule is CC1CC(c2ccccc2)CCC1CO. The molecule has 0 aliphatic heterocycles.